The first-order chi connectivity index (χ1) is 16.0. The summed E-state index contributed by atoms with van der Waals surface area (Å²) >= 11 is 0. The van der Waals surface area contributed by atoms with E-state index in [-0.39, 0.29) is 55.8 Å². The predicted molar refractivity (Wildman–Crippen MR) is 139 cm³/mol. The van der Waals surface area contributed by atoms with Gasteiger partial charge in [0.05, 0.1) is 12.3 Å². The Morgan fingerprint density at radius 3 is 0.794 bits per heavy atom. The van der Waals surface area contributed by atoms with E-state index in [1.165, 1.54) is 25.4 Å². The fraction of sp³-hybridized carbons (Fsp3) is 0.0769. The normalized spacial score (nSPS) is 21.4. The van der Waals surface area contributed by atoms with Gasteiger partial charge in [-0.15, -0.1) is 0 Å². The van der Waals surface area contributed by atoms with Gasteiger partial charge >= 0.3 is 0 Å². The predicted octanol–water partition coefficient (Wildman–Crippen LogP) is 5.79. The molecule has 0 aromatic carbocycles. The quantitative estimate of drug-likeness (QED) is 0.395. The first-order valence-electron chi connectivity index (χ1n) is 10.1. The standard InChI is InChI=1S/C6H6N6.4C5H5.2Ti/c1-7-2-10-5(9-1)6-11-3-8-4-12-6;4*1-2-4-5-3-1;;/h1-6H;4*1-5H;;/q-2;;;;;;. The molecule has 0 saturated heterocycles. The molecule has 170 valence electrons. The fourth-order valence-electron chi connectivity index (χ4n) is 2.15. The van der Waals surface area contributed by atoms with Gasteiger partial charge in [-0.05, 0) is 0 Å². The van der Waals surface area contributed by atoms with Crippen LogP contribution in [0.2, 0.25) is 0 Å². The third-order valence-electron chi connectivity index (χ3n) is 3.63. The van der Waals surface area contributed by atoms with Gasteiger partial charge in [-0.1, -0.05) is 110 Å². The second-order valence-corrected chi connectivity index (χ2v) is 6.03. The summed E-state index contributed by atoms with van der Waals surface area (Å²) in [6, 6.07) is 0. The molecule has 4 aliphatic carbocycles. The van der Waals surface area contributed by atoms with Crippen LogP contribution >= 0.6 is 0 Å². The van der Waals surface area contributed by atoms with E-state index in [9.17, 15) is 0 Å². The largest absolute Gasteiger partial charge is 0.448 e. The molecule has 0 bridgehead atoms. The van der Waals surface area contributed by atoms with E-state index < -0.39 is 0 Å². The van der Waals surface area contributed by atoms with E-state index >= 15 is 0 Å². The summed E-state index contributed by atoms with van der Waals surface area (Å²) < 4.78 is 0. The number of nitrogens with zero attached hydrogens (tertiary/aromatic N) is 6. The van der Waals surface area contributed by atoms with Gasteiger partial charge in [-0.2, -0.15) is 0 Å². The zero-order chi connectivity index (χ0) is 22.4. The molecule has 6 aliphatic rings. The van der Waals surface area contributed by atoms with Gasteiger partial charge in [0.1, 0.15) is 0 Å². The molecule has 4 radical (unpaired) electrons. The van der Waals surface area contributed by atoms with Crippen molar-refractivity contribution in [3.05, 3.63) is 134 Å². The Labute approximate surface area is 233 Å². The number of allylic oxidation sites excluding steroid dienone is 16. The van der Waals surface area contributed by atoms with Gasteiger partial charge < -0.3 is 20.6 Å². The molecule has 2 unspecified atom stereocenters. The second-order valence-electron chi connectivity index (χ2n) is 6.03. The third kappa shape index (κ3) is 17.2. The van der Waals surface area contributed by atoms with Crippen LogP contribution in [-0.2, 0) is 43.4 Å². The minimum absolute atomic E-state index is 0. The van der Waals surface area contributed by atoms with E-state index in [0.717, 1.165) is 0 Å². The molecular weight excluding hydrogens is 492 g/mol. The molecule has 0 spiro atoms. The van der Waals surface area contributed by atoms with Crippen LogP contribution in [0, 0.1) is 25.7 Å². The van der Waals surface area contributed by atoms with Crippen LogP contribution in [0.4, 0.5) is 0 Å². The second kappa shape index (κ2) is 23.8. The van der Waals surface area contributed by atoms with Crippen molar-refractivity contribution in [3.63, 3.8) is 0 Å². The number of hydrogen-bond acceptors (Lipinski definition) is 4. The Morgan fingerprint density at radius 2 is 0.647 bits per heavy atom. The maximum atomic E-state index is 3.99. The van der Waals surface area contributed by atoms with Crippen molar-refractivity contribution in [3.8, 4) is 0 Å². The monoisotopic (exact) mass is 518 g/mol. The van der Waals surface area contributed by atoms with Crippen LogP contribution in [0.3, 0.4) is 0 Å². The van der Waals surface area contributed by atoms with E-state index in [4.69, 9.17) is 0 Å². The Hall–Kier alpha value is -2.37. The van der Waals surface area contributed by atoms with E-state index in [1.807, 2.05) is 123 Å². The van der Waals surface area contributed by atoms with Crippen LogP contribution in [-0.4, -0.2) is 37.7 Å². The molecule has 34 heavy (non-hydrogen) atoms. The fourth-order valence-corrected chi connectivity index (χ4v) is 2.15. The minimum atomic E-state index is -0.273. The van der Waals surface area contributed by atoms with Crippen molar-refractivity contribution >= 4 is 25.4 Å². The summed E-state index contributed by atoms with van der Waals surface area (Å²) in [5, 5.41) is 7.99. The molecule has 0 N–H and O–H groups in total. The van der Waals surface area contributed by atoms with Crippen LogP contribution in [0.5, 0.6) is 0 Å². The van der Waals surface area contributed by atoms with E-state index in [0.29, 0.717) is 0 Å². The summed E-state index contributed by atoms with van der Waals surface area (Å²) in [6.07, 6.45) is 45.3. The topological polar surface area (TPSA) is 77.6 Å². The minimum Gasteiger partial charge on any atom is -0.448 e. The van der Waals surface area contributed by atoms with Crippen molar-refractivity contribution in [1.82, 2.24) is 0 Å². The molecule has 0 fully saturated rings. The van der Waals surface area contributed by atoms with Crippen molar-refractivity contribution in [2.24, 2.45) is 20.0 Å². The van der Waals surface area contributed by atoms with Gasteiger partial charge in [0.25, 0.3) is 0 Å². The van der Waals surface area contributed by atoms with Gasteiger partial charge in [0, 0.05) is 81.8 Å². The summed E-state index contributed by atoms with van der Waals surface area (Å²) in [5.41, 5.74) is 0. The van der Waals surface area contributed by atoms with Crippen LogP contribution in [0.1, 0.15) is 0 Å². The average Bonchev–Trinajstić information content (AvgIpc) is 3.70. The van der Waals surface area contributed by atoms with E-state index in [2.05, 4.69) is 30.6 Å². The molecule has 2 heterocycles. The molecule has 0 aromatic rings. The van der Waals surface area contributed by atoms with Gasteiger partial charge in [-0.25, -0.2) is 0 Å². The summed E-state index contributed by atoms with van der Waals surface area (Å²) in [7, 11) is 0. The van der Waals surface area contributed by atoms with Gasteiger partial charge in [0.2, 0.25) is 0 Å². The first-order valence-corrected chi connectivity index (χ1v) is 10.1. The Kier molecular flexibility index (Phi) is 22.1. The maximum Gasteiger partial charge on any atom is 0.0775 e. The third-order valence-corrected chi connectivity index (χ3v) is 3.63. The number of hydrogen-bond donors (Lipinski definition) is 0. The van der Waals surface area contributed by atoms with Gasteiger partial charge in [0.15, 0.2) is 0 Å². The maximum absolute atomic E-state index is 3.99. The molecule has 2 atom stereocenters. The summed E-state index contributed by atoms with van der Waals surface area (Å²) in [6.45, 7) is 0. The van der Waals surface area contributed by atoms with E-state index in [1.54, 1.807) is 0 Å². The smallest absolute Gasteiger partial charge is 0.0775 e. The average molecular weight is 518 g/mol. The Morgan fingerprint density at radius 1 is 0.382 bits per heavy atom. The van der Waals surface area contributed by atoms with Crippen LogP contribution < -0.4 is 0 Å². The molecule has 8 heteroatoms. The van der Waals surface area contributed by atoms with Crippen molar-refractivity contribution in [2.75, 3.05) is 0 Å². The molecule has 0 amide bonds. The first kappa shape index (κ1) is 31.6. The molecular formula is C26H26N6Ti2-2. The summed E-state index contributed by atoms with van der Waals surface area (Å²) in [5.74, 6) is 0. The van der Waals surface area contributed by atoms with Crippen molar-refractivity contribution in [1.29, 1.82) is 0 Å². The number of aliphatic imine (C=N–C) groups is 4. The molecule has 0 saturated carbocycles. The zero-order valence-corrected chi connectivity index (χ0v) is 21.8. The molecule has 6 rings (SSSR count). The SMILES string of the molecule is C1=NC=NC(C2N=CN=C[N-]2)[N-]1.[CH]1C=CC=C1.[CH]1C=CC=C1.[CH]1C=CC=C1.[CH]1C=CC=C1.[Ti].[Ti]. The van der Waals surface area contributed by atoms with Crippen molar-refractivity contribution < 1.29 is 43.4 Å². The molecule has 6 nitrogen and oxygen atoms in total. The van der Waals surface area contributed by atoms with Crippen LogP contribution in [0.15, 0.2) is 117 Å². The number of rotatable bonds is 1. The van der Waals surface area contributed by atoms with Gasteiger partial charge in [-0.3, -0.25) is 9.98 Å². The summed E-state index contributed by atoms with van der Waals surface area (Å²) in [4.78, 5) is 15.4. The zero-order valence-electron chi connectivity index (χ0n) is 18.7. The van der Waals surface area contributed by atoms with Crippen molar-refractivity contribution in [2.45, 2.75) is 12.3 Å². The molecule has 0 aromatic heterocycles. The Bertz CT molecular complexity index is 718. The molecule has 2 aliphatic heterocycles. The Balaban J connectivity index is 0.000000423. The van der Waals surface area contributed by atoms with Crippen LogP contribution in [0.25, 0.3) is 10.6 Å².